The first-order valence-corrected chi connectivity index (χ1v) is 15.8. The number of carbonyl (C=O) groups excluding carboxylic acids is 1. The molecule has 1 aliphatic heterocycles. The molecule has 46 heavy (non-hydrogen) atoms. The number of carbonyl (C=O) groups is 1. The molecule has 234 valence electrons. The lowest BCUT2D eigenvalue weighted by atomic mass is 9.93. The van der Waals surface area contributed by atoms with Crippen LogP contribution < -0.4 is 19.6 Å². The first kappa shape index (κ1) is 30.7. The molecule has 0 saturated carbocycles. The minimum absolute atomic E-state index is 0.0387. The third-order valence-corrected chi connectivity index (χ3v) is 8.91. The number of nitro benzene ring substituents is 1. The molecule has 1 aliphatic rings. The fourth-order valence-corrected chi connectivity index (χ4v) is 6.90. The molecule has 6 rings (SSSR count). The maximum atomic E-state index is 14.3. The second-order valence-corrected chi connectivity index (χ2v) is 11.8. The van der Waals surface area contributed by atoms with Crippen LogP contribution in [0.25, 0.3) is 17.0 Å². The van der Waals surface area contributed by atoms with Crippen LogP contribution in [0.1, 0.15) is 49.4 Å². The largest absolute Gasteiger partial charge is 0.496 e. The average molecular weight is 637 g/mol. The summed E-state index contributed by atoms with van der Waals surface area (Å²) in [6, 6.07) is 21.0. The Kier molecular flexibility index (Phi) is 8.67. The number of hydrogen-bond donors (Lipinski definition) is 0. The minimum Gasteiger partial charge on any atom is -0.496 e. The minimum atomic E-state index is -0.779. The average Bonchev–Trinajstić information content (AvgIpc) is 3.56. The predicted octanol–water partition coefficient (Wildman–Crippen LogP) is 5.50. The van der Waals surface area contributed by atoms with Crippen molar-refractivity contribution in [1.29, 1.82) is 0 Å². The summed E-state index contributed by atoms with van der Waals surface area (Å²) in [6.45, 7) is 4.45. The van der Waals surface area contributed by atoms with Crippen LogP contribution in [0, 0.1) is 10.1 Å². The second-order valence-electron chi connectivity index (χ2n) is 10.8. The standard InChI is InChI=1S/C35H32N4O6S/c1-4-10-27-31(34(41)45-5-2)32(26-12-7-9-14-29(26)44-3)38-33(40)30(46-35(38)36-27)19-23-21-37(28-13-8-6-11-25(23)28)20-22-15-17-24(18-16-22)39(42)43/h6-9,11-19,21,32H,4-5,10,20H2,1-3H3/b30-19-/t32-/m0/s1. The van der Waals surface area contributed by atoms with Crippen molar-refractivity contribution < 1.29 is 19.2 Å². The highest BCUT2D eigenvalue weighted by molar-refractivity contribution is 7.07. The highest BCUT2D eigenvalue weighted by Crippen LogP contribution is 2.37. The molecule has 3 heterocycles. The normalized spacial score (nSPS) is 14.7. The Bertz CT molecular complexity index is 2170. The summed E-state index contributed by atoms with van der Waals surface area (Å²) in [5.74, 6) is 0.0464. The summed E-state index contributed by atoms with van der Waals surface area (Å²) in [6.07, 6.45) is 5.14. The number of rotatable bonds is 10. The fourth-order valence-electron chi connectivity index (χ4n) is 5.89. The van der Waals surface area contributed by atoms with Crippen molar-refractivity contribution in [1.82, 2.24) is 9.13 Å². The zero-order chi connectivity index (χ0) is 32.4. The van der Waals surface area contributed by atoms with Gasteiger partial charge in [-0.05, 0) is 37.1 Å². The van der Waals surface area contributed by atoms with Crippen molar-refractivity contribution in [3.8, 4) is 5.75 Å². The van der Waals surface area contributed by atoms with Crippen LogP contribution in [-0.4, -0.2) is 33.7 Å². The number of methoxy groups -OCH3 is 1. The van der Waals surface area contributed by atoms with Crippen LogP contribution in [0.15, 0.2) is 100 Å². The van der Waals surface area contributed by atoms with E-state index in [1.54, 1.807) is 30.7 Å². The lowest BCUT2D eigenvalue weighted by Gasteiger charge is -2.26. The molecule has 1 atom stereocenters. The molecule has 0 radical (unpaired) electrons. The van der Waals surface area contributed by atoms with E-state index in [1.165, 1.54) is 23.5 Å². The Labute approximate surface area is 268 Å². The summed E-state index contributed by atoms with van der Waals surface area (Å²) in [7, 11) is 1.57. The molecule has 0 N–H and O–H groups in total. The van der Waals surface area contributed by atoms with E-state index in [0.717, 1.165) is 28.5 Å². The van der Waals surface area contributed by atoms with E-state index in [4.69, 9.17) is 14.5 Å². The first-order chi connectivity index (χ1) is 22.3. The maximum absolute atomic E-state index is 14.3. The molecule has 5 aromatic rings. The number of hydrogen-bond acceptors (Lipinski definition) is 8. The molecular formula is C35H32N4O6S. The number of esters is 1. The molecule has 11 heteroatoms. The van der Waals surface area contributed by atoms with E-state index in [9.17, 15) is 19.7 Å². The Balaban J connectivity index is 1.52. The van der Waals surface area contributed by atoms with E-state index in [2.05, 4.69) is 4.57 Å². The molecule has 2 aromatic heterocycles. The van der Waals surface area contributed by atoms with Crippen LogP contribution in [0.4, 0.5) is 5.69 Å². The molecular weight excluding hydrogens is 604 g/mol. The second kappa shape index (κ2) is 13.0. The van der Waals surface area contributed by atoms with E-state index < -0.39 is 16.9 Å². The summed E-state index contributed by atoms with van der Waals surface area (Å²) < 4.78 is 15.3. The van der Waals surface area contributed by atoms with Crippen molar-refractivity contribution in [2.75, 3.05) is 13.7 Å². The smallest absolute Gasteiger partial charge is 0.338 e. The molecule has 10 nitrogen and oxygen atoms in total. The molecule has 0 fully saturated rings. The summed E-state index contributed by atoms with van der Waals surface area (Å²) in [4.78, 5) is 43.9. The zero-order valence-electron chi connectivity index (χ0n) is 25.6. The van der Waals surface area contributed by atoms with Crippen LogP contribution in [0.3, 0.4) is 0 Å². The number of nitro groups is 1. The summed E-state index contributed by atoms with van der Waals surface area (Å²) >= 11 is 1.28. The number of benzene rings is 3. The van der Waals surface area contributed by atoms with Crippen molar-refractivity contribution in [2.45, 2.75) is 39.3 Å². The third-order valence-electron chi connectivity index (χ3n) is 7.93. The molecule has 0 saturated heterocycles. The SMILES string of the molecule is CCCC1=C(C(=O)OCC)[C@H](c2ccccc2OC)n2c(s/c(=C\c3cn(Cc4ccc([N+](=O)[O-])cc4)c4ccccc34)c2=O)=N1. The van der Waals surface area contributed by atoms with Crippen molar-refractivity contribution in [3.63, 3.8) is 0 Å². The number of thiazole rings is 1. The van der Waals surface area contributed by atoms with Gasteiger partial charge in [-0.1, -0.05) is 73.2 Å². The number of allylic oxidation sites excluding steroid dienone is 1. The van der Waals surface area contributed by atoms with Gasteiger partial charge in [0.15, 0.2) is 4.80 Å². The number of nitrogens with zero attached hydrogens (tertiary/aromatic N) is 4. The van der Waals surface area contributed by atoms with Gasteiger partial charge in [0.2, 0.25) is 0 Å². The molecule has 0 spiro atoms. The number of fused-ring (bicyclic) bond motifs is 2. The van der Waals surface area contributed by atoms with Crippen LogP contribution in [0.5, 0.6) is 5.75 Å². The Morgan fingerprint density at radius 2 is 1.80 bits per heavy atom. The van der Waals surface area contributed by atoms with Gasteiger partial charge in [-0.2, -0.15) is 0 Å². The Morgan fingerprint density at radius 3 is 2.52 bits per heavy atom. The van der Waals surface area contributed by atoms with Gasteiger partial charge in [0.1, 0.15) is 11.8 Å². The number of ether oxygens (including phenoxy) is 2. The van der Waals surface area contributed by atoms with Crippen molar-refractivity contribution in [2.24, 2.45) is 4.99 Å². The summed E-state index contributed by atoms with van der Waals surface area (Å²) in [5, 5.41) is 12.1. The lowest BCUT2D eigenvalue weighted by molar-refractivity contribution is -0.384. The van der Waals surface area contributed by atoms with Crippen molar-refractivity contribution >= 4 is 40.0 Å². The fraction of sp³-hybridized carbons (Fsp3) is 0.229. The van der Waals surface area contributed by atoms with Gasteiger partial charge in [-0.15, -0.1) is 0 Å². The maximum Gasteiger partial charge on any atom is 0.338 e. The zero-order valence-corrected chi connectivity index (χ0v) is 26.5. The number of para-hydroxylation sites is 2. The van der Waals surface area contributed by atoms with E-state index in [0.29, 0.717) is 44.9 Å². The number of aromatic nitrogens is 2. The van der Waals surface area contributed by atoms with Crippen LogP contribution >= 0.6 is 11.3 Å². The van der Waals surface area contributed by atoms with E-state index in [1.807, 2.05) is 67.7 Å². The van der Waals surface area contributed by atoms with Crippen molar-refractivity contribution in [3.05, 3.63) is 137 Å². The predicted molar refractivity (Wildman–Crippen MR) is 177 cm³/mol. The van der Waals surface area contributed by atoms with Gasteiger partial charge < -0.3 is 14.0 Å². The lowest BCUT2D eigenvalue weighted by Crippen LogP contribution is -2.40. The van der Waals surface area contributed by atoms with Gasteiger partial charge in [-0.3, -0.25) is 19.5 Å². The van der Waals surface area contributed by atoms with Crippen LogP contribution in [0.2, 0.25) is 0 Å². The quantitative estimate of drug-likeness (QED) is 0.114. The highest BCUT2D eigenvalue weighted by Gasteiger charge is 2.35. The topological polar surface area (TPSA) is 118 Å². The molecule has 0 amide bonds. The summed E-state index contributed by atoms with van der Waals surface area (Å²) in [5.41, 5.74) is 4.09. The Morgan fingerprint density at radius 1 is 1.07 bits per heavy atom. The molecule has 0 bridgehead atoms. The first-order valence-electron chi connectivity index (χ1n) is 15.0. The van der Waals surface area contributed by atoms with E-state index >= 15 is 0 Å². The molecule has 0 unspecified atom stereocenters. The Hall–Kier alpha value is -5.29. The third kappa shape index (κ3) is 5.65. The molecule has 0 aliphatic carbocycles. The van der Waals surface area contributed by atoms with Gasteiger partial charge in [-0.25, -0.2) is 9.79 Å². The van der Waals surface area contributed by atoms with Gasteiger partial charge in [0, 0.05) is 46.9 Å². The monoisotopic (exact) mass is 636 g/mol. The number of non-ortho nitro benzene ring substituents is 1. The van der Waals surface area contributed by atoms with Gasteiger partial charge in [0.25, 0.3) is 11.2 Å². The van der Waals surface area contributed by atoms with E-state index in [-0.39, 0.29) is 17.9 Å². The van der Waals surface area contributed by atoms with Crippen LogP contribution in [-0.2, 0) is 16.1 Å². The highest BCUT2D eigenvalue weighted by atomic mass is 32.1. The van der Waals surface area contributed by atoms with Gasteiger partial charge in [0.05, 0.1) is 34.4 Å². The molecule has 3 aromatic carbocycles. The van der Waals surface area contributed by atoms with Gasteiger partial charge >= 0.3 is 5.97 Å².